The number of carbonyl (C=O) groups is 4. The maximum atomic E-state index is 13.1. The van der Waals surface area contributed by atoms with Gasteiger partial charge in [0.25, 0.3) is 0 Å². The van der Waals surface area contributed by atoms with Gasteiger partial charge in [-0.25, -0.2) is 4.79 Å². The molecule has 5 unspecified atom stereocenters. The van der Waals surface area contributed by atoms with Crippen molar-refractivity contribution in [2.45, 2.75) is 77.5 Å². The lowest BCUT2D eigenvalue weighted by molar-refractivity contribution is -0.143. The van der Waals surface area contributed by atoms with Gasteiger partial charge in [0, 0.05) is 6.54 Å². The minimum atomic E-state index is -1.20. The van der Waals surface area contributed by atoms with Crippen molar-refractivity contribution in [1.82, 2.24) is 16.0 Å². The molecule has 0 saturated heterocycles. The van der Waals surface area contributed by atoms with Crippen molar-refractivity contribution in [2.24, 2.45) is 34.0 Å². The van der Waals surface area contributed by atoms with Crippen molar-refractivity contribution in [2.75, 3.05) is 18.6 Å². The number of carboxylic acid groups (broad SMARTS) is 1. The zero-order valence-corrected chi connectivity index (χ0v) is 22.2. The van der Waals surface area contributed by atoms with Crippen molar-refractivity contribution in [3.63, 3.8) is 0 Å². The quantitative estimate of drug-likeness (QED) is 0.0740. The second-order valence-corrected chi connectivity index (χ2v) is 9.82. The molecule has 0 radical (unpaired) electrons. The first-order valence-electron chi connectivity index (χ1n) is 11.8. The molecule has 0 aromatic carbocycles. The summed E-state index contributed by atoms with van der Waals surface area (Å²) in [6, 6.07) is -3.82. The van der Waals surface area contributed by atoms with Crippen LogP contribution in [0.1, 0.15) is 53.4 Å². The number of hydrogen-bond donors (Lipinski definition) is 7. The zero-order chi connectivity index (χ0) is 27.1. The van der Waals surface area contributed by atoms with E-state index in [1.807, 2.05) is 13.2 Å². The molecule has 202 valence electrons. The number of nitrogens with zero attached hydrogens (tertiary/aromatic N) is 1. The van der Waals surface area contributed by atoms with E-state index in [2.05, 4.69) is 20.9 Å². The SMILES string of the molecule is CCC(C)C(NC(=O)C(NC(=O)C(N)CCSC)C(C)C)C(=O)NC(CCCN=C(N)N)C(=O)O. The van der Waals surface area contributed by atoms with Crippen molar-refractivity contribution in [1.29, 1.82) is 0 Å². The van der Waals surface area contributed by atoms with Gasteiger partial charge in [-0.2, -0.15) is 11.8 Å². The Bertz CT molecular complexity index is 731. The first kappa shape index (κ1) is 32.5. The molecule has 3 amide bonds. The predicted octanol–water partition coefficient (Wildman–Crippen LogP) is -0.638. The number of nitrogens with two attached hydrogens (primary N) is 3. The first-order valence-corrected chi connectivity index (χ1v) is 13.2. The Morgan fingerprint density at radius 3 is 2.00 bits per heavy atom. The number of amides is 3. The lowest BCUT2D eigenvalue weighted by Gasteiger charge is -2.29. The molecular weight excluding hydrogens is 474 g/mol. The summed E-state index contributed by atoms with van der Waals surface area (Å²) in [7, 11) is 0. The lowest BCUT2D eigenvalue weighted by atomic mass is 9.96. The van der Waals surface area contributed by atoms with Gasteiger partial charge in [-0.3, -0.25) is 19.4 Å². The average molecular weight is 518 g/mol. The fourth-order valence-electron chi connectivity index (χ4n) is 3.14. The van der Waals surface area contributed by atoms with Gasteiger partial charge in [0.2, 0.25) is 17.7 Å². The molecule has 12 nitrogen and oxygen atoms in total. The van der Waals surface area contributed by atoms with E-state index in [9.17, 15) is 24.3 Å². The Labute approximate surface area is 212 Å². The van der Waals surface area contributed by atoms with Crippen LogP contribution in [0.4, 0.5) is 0 Å². The molecule has 0 saturated carbocycles. The fourth-order valence-corrected chi connectivity index (χ4v) is 3.63. The summed E-state index contributed by atoms with van der Waals surface area (Å²) in [5.41, 5.74) is 16.5. The first-order chi connectivity index (χ1) is 16.3. The van der Waals surface area contributed by atoms with Gasteiger partial charge in [0.05, 0.1) is 6.04 Å². The Morgan fingerprint density at radius 1 is 0.943 bits per heavy atom. The van der Waals surface area contributed by atoms with E-state index >= 15 is 0 Å². The number of nitrogens with one attached hydrogen (secondary N) is 3. The second kappa shape index (κ2) is 17.0. The summed E-state index contributed by atoms with van der Waals surface area (Å²) in [5.74, 6) is -2.75. The molecule has 10 N–H and O–H groups in total. The number of rotatable bonds is 17. The topological polar surface area (TPSA) is 215 Å². The molecule has 0 spiro atoms. The number of carboxylic acids is 1. The number of carbonyl (C=O) groups excluding carboxylic acids is 3. The Hall–Kier alpha value is -2.54. The van der Waals surface area contributed by atoms with Crippen LogP contribution in [0, 0.1) is 11.8 Å². The average Bonchev–Trinajstić information content (AvgIpc) is 2.79. The molecule has 13 heteroatoms. The van der Waals surface area contributed by atoms with Crippen LogP contribution in [0.3, 0.4) is 0 Å². The number of aliphatic imine (C=N–C) groups is 1. The smallest absolute Gasteiger partial charge is 0.326 e. The highest BCUT2D eigenvalue weighted by molar-refractivity contribution is 7.98. The molecule has 0 fully saturated rings. The van der Waals surface area contributed by atoms with E-state index in [4.69, 9.17) is 17.2 Å². The van der Waals surface area contributed by atoms with Crippen LogP contribution in [0.25, 0.3) is 0 Å². The minimum Gasteiger partial charge on any atom is -0.480 e. The lowest BCUT2D eigenvalue weighted by Crippen LogP contribution is -2.59. The highest BCUT2D eigenvalue weighted by Gasteiger charge is 2.33. The van der Waals surface area contributed by atoms with Gasteiger partial charge in [0.1, 0.15) is 18.1 Å². The Morgan fingerprint density at radius 2 is 1.51 bits per heavy atom. The molecule has 0 aliphatic heterocycles. The second-order valence-electron chi connectivity index (χ2n) is 8.84. The molecule has 5 atom stereocenters. The molecule has 0 aromatic rings. The molecule has 0 aliphatic rings. The van der Waals surface area contributed by atoms with Gasteiger partial charge < -0.3 is 38.3 Å². The van der Waals surface area contributed by atoms with Gasteiger partial charge in [-0.05, 0) is 43.1 Å². The standard InChI is InChI=1S/C22H43N7O5S/c1-6-13(4)17(20(32)27-15(21(33)34)8-7-10-26-22(24)25)29-19(31)16(12(2)3)28-18(30)14(23)9-11-35-5/h12-17H,6-11,23H2,1-5H3,(H,27,32)(H,28,30)(H,29,31)(H,33,34)(H4,24,25,26). The molecule has 0 aliphatic carbocycles. The monoisotopic (exact) mass is 517 g/mol. The summed E-state index contributed by atoms with van der Waals surface area (Å²) < 4.78 is 0. The van der Waals surface area contributed by atoms with Gasteiger partial charge in [-0.1, -0.05) is 34.1 Å². The maximum Gasteiger partial charge on any atom is 0.326 e. The summed E-state index contributed by atoms with van der Waals surface area (Å²) in [6.07, 6.45) is 3.38. The Kier molecular flexibility index (Phi) is 15.7. The van der Waals surface area contributed by atoms with Crippen LogP contribution in [0.2, 0.25) is 0 Å². The fraction of sp³-hybridized carbons (Fsp3) is 0.773. The van der Waals surface area contributed by atoms with E-state index in [-0.39, 0.29) is 30.8 Å². The molecule has 0 rings (SSSR count). The van der Waals surface area contributed by atoms with Crippen molar-refractivity contribution < 1.29 is 24.3 Å². The van der Waals surface area contributed by atoms with Crippen LogP contribution in [0.15, 0.2) is 4.99 Å². The Balaban J connectivity index is 5.40. The van der Waals surface area contributed by atoms with Crippen molar-refractivity contribution >= 4 is 41.4 Å². The van der Waals surface area contributed by atoms with Crippen molar-refractivity contribution in [3.8, 4) is 0 Å². The minimum absolute atomic E-state index is 0.0996. The van der Waals surface area contributed by atoms with Crippen LogP contribution in [-0.2, 0) is 19.2 Å². The van der Waals surface area contributed by atoms with E-state index in [1.165, 1.54) is 0 Å². The number of hydrogen-bond acceptors (Lipinski definition) is 7. The maximum absolute atomic E-state index is 13.1. The molecule has 35 heavy (non-hydrogen) atoms. The van der Waals surface area contributed by atoms with Crippen LogP contribution in [-0.4, -0.2) is 77.5 Å². The summed E-state index contributed by atoms with van der Waals surface area (Å²) >= 11 is 1.57. The highest BCUT2D eigenvalue weighted by Crippen LogP contribution is 2.12. The molecular formula is C22H43N7O5S. The van der Waals surface area contributed by atoms with E-state index < -0.39 is 47.9 Å². The molecule has 0 bridgehead atoms. The predicted molar refractivity (Wildman–Crippen MR) is 139 cm³/mol. The number of thioether (sulfide) groups is 1. The van der Waals surface area contributed by atoms with E-state index in [0.717, 1.165) is 0 Å². The van der Waals surface area contributed by atoms with Crippen LogP contribution < -0.4 is 33.2 Å². The zero-order valence-electron chi connectivity index (χ0n) is 21.4. The van der Waals surface area contributed by atoms with Crippen LogP contribution in [0.5, 0.6) is 0 Å². The third-order valence-corrected chi connectivity index (χ3v) is 6.21. The largest absolute Gasteiger partial charge is 0.480 e. The summed E-state index contributed by atoms with van der Waals surface area (Å²) in [4.78, 5) is 54.0. The van der Waals surface area contributed by atoms with Crippen LogP contribution >= 0.6 is 11.8 Å². The van der Waals surface area contributed by atoms with Gasteiger partial charge in [0.15, 0.2) is 5.96 Å². The van der Waals surface area contributed by atoms with Crippen molar-refractivity contribution in [3.05, 3.63) is 0 Å². The summed E-state index contributed by atoms with van der Waals surface area (Å²) in [5, 5.41) is 17.4. The highest BCUT2D eigenvalue weighted by atomic mass is 32.2. The third kappa shape index (κ3) is 12.6. The normalized spacial score (nSPS) is 15.3. The van der Waals surface area contributed by atoms with E-state index in [0.29, 0.717) is 25.0 Å². The molecule has 0 aromatic heterocycles. The molecule has 0 heterocycles. The van der Waals surface area contributed by atoms with E-state index in [1.54, 1.807) is 32.5 Å². The number of aliphatic carboxylic acids is 1. The number of guanidine groups is 1. The van der Waals surface area contributed by atoms with Gasteiger partial charge >= 0.3 is 5.97 Å². The third-order valence-electron chi connectivity index (χ3n) is 5.57. The summed E-state index contributed by atoms with van der Waals surface area (Å²) in [6.45, 7) is 7.40. The van der Waals surface area contributed by atoms with Gasteiger partial charge in [-0.15, -0.1) is 0 Å².